The lowest BCUT2D eigenvalue weighted by atomic mass is 10.3. The number of esters is 1. The van der Waals surface area contributed by atoms with Crippen molar-refractivity contribution in [1.29, 1.82) is 0 Å². The number of nitrogens with two attached hydrogens (primary N) is 1. The van der Waals surface area contributed by atoms with Crippen molar-refractivity contribution in [3.8, 4) is 0 Å². The number of hydrogen-bond donors (Lipinski definition) is 1. The van der Waals surface area contributed by atoms with Gasteiger partial charge in [0.15, 0.2) is 12.3 Å². The SMILES string of the molecule is COC(=O)C(N)C(OC)OC. The van der Waals surface area contributed by atoms with E-state index in [9.17, 15) is 4.79 Å². The van der Waals surface area contributed by atoms with E-state index in [-0.39, 0.29) is 0 Å². The van der Waals surface area contributed by atoms with E-state index in [4.69, 9.17) is 15.2 Å². The summed E-state index contributed by atoms with van der Waals surface area (Å²) in [6.07, 6.45) is -0.748. The van der Waals surface area contributed by atoms with Gasteiger partial charge in [-0.15, -0.1) is 0 Å². The van der Waals surface area contributed by atoms with Crippen LogP contribution in [0.3, 0.4) is 0 Å². The highest BCUT2D eigenvalue weighted by molar-refractivity contribution is 5.75. The van der Waals surface area contributed by atoms with E-state index in [1.807, 2.05) is 0 Å². The molecule has 0 aromatic rings. The van der Waals surface area contributed by atoms with Crippen LogP contribution in [-0.2, 0) is 19.0 Å². The second-order valence-electron chi connectivity index (χ2n) is 1.89. The quantitative estimate of drug-likeness (QED) is 0.430. The smallest absolute Gasteiger partial charge is 0.327 e. The molecule has 0 aromatic heterocycles. The second-order valence-corrected chi connectivity index (χ2v) is 1.89. The van der Waals surface area contributed by atoms with E-state index in [0.717, 1.165) is 0 Å². The van der Waals surface area contributed by atoms with Crippen LogP contribution in [0.25, 0.3) is 0 Å². The van der Waals surface area contributed by atoms with Crippen LogP contribution in [0.2, 0.25) is 0 Å². The number of hydrogen-bond acceptors (Lipinski definition) is 5. The first-order valence-electron chi connectivity index (χ1n) is 3.06. The van der Waals surface area contributed by atoms with Gasteiger partial charge in [0.2, 0.25) is 0 Å². The maximum atomic E-state index is 10.8. The first-order chi connectivity index (χ1) is 5.17. The third-order valence-corrected chi connectivity index (χ3v) is 1.23. The second kappa shape index (κ2) is 5.06. The van der Waals surface area contributed by atoms with Gasteiger partial charge in [-0.25, -0.2) is 0 Å². The Labute approximate surface area is 65.4 Å². The molecule has 0 saturated carbocycles. The number of ether oxygens (including phenoxy) is 3. The third kappa shape index (κ3) is 2.83. The summed E-state index contributed by atoms with van der Waals surface area (Å²) in [5.74, 6) is -0.557. The van der Waals surface area contributed by atoms with Gasteiger partial charge in [0.05, 0.1) is 7.11 Å². The van der Waals surface area contributed by atoms with Crippen LogP contribution in [0, 0.1) is 0 Å². The van der Waals surface area contributed by atoms with E-state index < -0.39 is 18.3 Å². The minimum absolute atomic E-state index is 0.557. The predicted molar refractivity (Wildman–Crippen MR) is 37.8 cm³/mol. The monoisotopic (exact) mass is 163 g/mol. The molecule has 0 rings (SSSR count). The maximum absolute atomic E-state index is 10.8. The summed E-state index contributed by atoms with van der Waals surface area (Å²) in [6, 6.07) is -0.894. The Morgan fingerprint density at radius 1 is 1.27 bits per heavy atom. The lowest BCUT2D eigenvalue weighted by molar-refractivity contribution is -0.162. The van der Waals surface area contributed by atoms with Gasteiger partial charge in [0.25, 0.3) is 0 Å². The topological polar surface area (TPSA) is 70.8 Å². The number of carbonyl (C=O) groups is 1. The van der Waals surface area contributed by atoms with Crippen LogP contribution in [0.15, 0.2) is 0 Å². The maximum Gasteiger partial charge on any atom is 0.327 e. The summed E-state index contributed by atoms with van der Waals surface area (Å²) < 4.78 is 13.8. The number of carbonyl (C=O) groups excluding carboxylic acids is 1. The highest BCUT2D eigenvalue weighted by Crippen LogP contribution is 1.97. The molecule has 66 valence electrons. The summed E-state index contributed by atoms with van der Waals surface area (Å²) >= 11 is 0. The van der Waals surface area contributed by atoms with E-state index in [0.29, 0.717) is 0 Å². The molecule has 0 fully saturated rings. The first-order valence-corrected chi connectivity index (χ1v) is 3.06. The Kier molecular flexibility index (Phi) is 4.76. The van der Waals surface area contributed by atoms with E-state index in [1.54, 1.807) is 0 Å². The Bertz CT molecular complexity index is 124. The molecule has 11 heavy (non-hydrogen) atoms. The molecule has 0 aromatic carbocycles. The molecule has 0 aliphatic rings. The van der Waals surface area contributed by atoms with Gasteiger partial charge in [-0.2, -0.15) is 0 Å². The Morgan fingerprint density at radius 3 is 2.00 bits per heavy atom. The van der Waals surface area contributed by atoms with Crippen molar-refractivity contribution in [2.75, 3.05) is 21.3 Å². The molecule has 0 heterocycles. The Morgan fingerprint density at radius 2 is 1.73 bits per heavy atom. The van der Waals surface area contributed by atoms with Crippen molar-refractivity contribution in [3.63, 3.8) is 0 Å². The molecule has 1 unspecified atom stereocenters. The van der Waals surface area contributed by atoms with Crippen molar-refractivity contribution in [2.45, 2.75) is 12.3 Å². The fourth-order valence-corrected chi connectivity index (χ4v) is 0.637. The van der Waals surface area contributed by atoms with Crippen LogP contribution < -0.4 is 5.73 Å². The van der Waals surface area contributed by atoms with Gasteiger partial charge in [0, 0.05) is 14.2 Å². The fraction of sp³-hybridized carbons (Fsp3) is 0.833. The molecular formula is C6H13NO4. The first kappa shape index (κ1) is 10.3. The minimum Gasteiger partial charge on any atom is -0.468 e. The van der Waals surface area contributed by atoms with Crippen molar-refractivity contribution >= 4 is 5.97 Å². The summed E-state index contributed by atoms with van der Waals surface area (Å²) in [4.78, 5) is 10.8. The van der Waals surface area contributed by atoms with Crippen LogP contribution >= 0.6 is 0 Å². The van der Waals surface area contributed by atoms with Crippen molar-refractivity contribution in [2.24, 2.45) is 5.73 Å². The number of methoxy groups -OCH3 is 3. The summed E-state index contributed by atoms with van der Waals surface area (Å²) in [5, 5.41) is 0. The summed E-state index contributed by atoms with van der Waals surface area (Å²) in [7, 11) is 4.05. The van der Waals surface area contributed by atoms with Crippen LogP contribution in [0.5, 0.6) is 0 Å². The zero-order chi connectivity index (χ0) is 8.85. The lowest BCUT2D eigenvalue weighted by Gasteiger charge is -2.18. The van der Waals surface area contributed by atoms with Crippen molar-refractivity contribution in [1.82, 2.24) is 0 Å². The third-order valence-electron chi connectivity index (χ3n) is 1.23. The van der Waals surface area contributed by atoms with Crippen LogP contribution in [-0.4, -0.2) is 39.6 Å². The van der Waals surface area contributed by atoms with Gasteiger partial charge in [-0.05, 0) is 0 Å². The molecule has 0 saturated heterocycles. The molecular weight excluding hydrogens is 150 g/mol. The largest absolute Gasteiger partial charge is 0.468 e. The van der Waals surface area contributed by atoms with Crippen molar-refractivity contribution < 1.29 is 19.0 Å². The van der Waals surface area contributed by atoms with Crippen LogP contribution in [0.1, 0.15) is 0 Å². The fourth-order valence-electron chi connectivity index (χ4n) is 0.637. The molecule has 0 aliphatic carbocycles. The van der Waals surface area contributed by atoms with Gasteiger partial charge in [-0.1, -0.05) is 0 Å². The average molecular weight is 163 g/mol. The zero-order valence-electron chi connectivity index (χ0n) is 6.87. The summed E-state index contributed by atoms with van der Waals surface area (Å²) in [5.41, 5.74) is 5.37. The number of rotatable bonds is 4. The molecule has 0 bridgehead atoms. The van der Waals surface area contributed by atoms with Crippen molar-refractivity contribution in [3.05, 3.63) is 0 Å². The molecule has 5 heteroatoms. The summed E-state index contributed by atoms with van der Waals surface area (Å²) in [6.45, 7) is 0. The normalized spacial score (nSPS) is 13.2. The lowest BCUT2D eigenvalue weighted by Crippen LogP contribution is -2.44. The Hall–Kier alpha value is -0.650. The standard InChI is InChI=1S/C6H13NO4/c1-9-5(8)4(7)6(10-2)11-3/h4,6H,7H2,1-3H3. The molecule has 0 radical (unpaired) electrons. The van der Waals surface area contributed by atoms with Gasteiger partial charge >= 0.3 is 5.97 Å². The average Bonchev–Trinajstić information content (AvgIpc) is 2.05. The van der Waals surface area contributed by atoms with Crippen LogP contribution in [0.4, 0.5) is 0 Å². The minimum atomic E-state index is -0.894. The van der Waals surface area contributed by atoms with Gasteiger partial charge in [0.1, 0.15) is 0 Å². The molecule has 0 amide bonds. The molecule has 0 spiro atoms. The zero-order valence-corrected chi connectivity index (χ0v) is 6.87. The van der Waals surface area contributed by atoms with E-state index in [2.05, 4.69) is 4.74 Å². The molecule has 2 N–H and O–H groups in total. The van der Waals surface area contributed by atoms with Gasteiger partial charge in [-0.3, -0.25) is 4.79 Å². The predicted octanol–water partition coefficient (Wildman–Crippen LogP) is -0.894. The highest BCUT2D eigenvalue weighted by Gasteiger charge is 2.24. The van der Waals surface area contributed by atoms with E-state index >= 15 is 0 Å². The Balaban J connectivity index is 3.97. The van der Waals surface area contributed by atoms with E-state index in [1.165, 1.54) is 21.3 Å². The molecule has 1 atom stereocenters. The van der Waals surface area contributed by atoms with Gasteiger partial charge < -0.3 is 19.9 Å². The molecule has 5 nitrogen and oxygen atoms in total. The molecule has 0 aliphatic heterocycles. The highest BCUT2D eigenvalue weighted by atomic mass is 16.7.